The molecule has 0 amide bonds. The van der Waals surface area contributed by atoms with Crippen molar-refractivity contribution in [2.75, 3.05) is 0 Å². The summed E-state index contributed by atoms with van der Waals surface area (Å²) in [7, 11) is -3.28. The fourth-order valence-electron chi connectivity index (χ4n) is 2.17. The Bertz CT molecular complexity index is 425. The third kappa shape index (κ3) is 2.64. The van der Waals surface area contributed by atoms with Gasteiger partial charge in [0, 0.05) is 6.04 Å². The van der Waals surface area contributed by atoms with Gasteiger partial charge in [-0.15, -0.1) is 11.3 Å². The first kappa shape index (κ1) is 12.1. The van der Waals surface area contributed by atoms with Gasteiger partial charge in [0.05, 0.1) is 0 Å². The van der Waals surface area contributed by atoms with Crippen molar-refractivity contribution in [2.24, 2.45) is 5.92 Å². The van der Waals surface area contributed by atoms with Gasteiger partial charge >= 0.3 is 0 Å². The molecule has 2 unspecified atom stereocenters. The fraction of sp³-hybridized carbons (Fsp3) is 0.636. The molecule has 1 saturated carbocycles. The highest BCUT2D eigenvalue weighted by molar-refractivity contribution is 7.91. The summed E-state index contributed by atoms with van der Waals surface area (Å²) in [6.45, 7) is 2.13. The van der Waals surface area contributed by atoms with E-state index in [1.165, 1.54) is 17.8 Å². The Hall–Kier alpha value is -0.390. The van der Waals surface area contributed by atoms with Crippen molar-refractivity contribution in [2.45, 2.75) is 42.9 Å². The van der Waals surface area contributed by atoms with Gasteiger partial charge in [0.25, 0.3) is 0 Å². The first-order chi connectivity index (χ1) is 7.59. The van der Waals surface area contributed by atoms with Gasteiger partial charge in [-0.3, -0.25) is 0 Å². The predicted octanol–water partition coefficient (Wildman–Crippen LogP) is 2.61. The summed E-state index contributed by atoms with van der Waals surface area (Å²) < 4.78 is 27.3. The van der Waals surface area contributed by atoms with Crippen LogP contribution in [-0.4, -0.2) is 14.5 Å². The van der Waals surface area contributed by atoms with Crippen LogP contribution in [0.25, 0.3) is 0 Å². The summed E-state index contributed by atoms with van der Waals surface area (Å²) >= 11 is 1.27. The van der Waals surface area contributed by atoms with Gasteiger partial charge in [0.1, 0.15) is 4.21 Å². The van der Waals surface area contributed by atoms with Gasteiger partial charge in [-0.2, -0.15) is 0 Å². The summed E-state index contributed by atoms with van der Waals surface area (Å²) in [4.78, 5) is 0. The zero-order valence-corrected chi connectivity index (χ0v) is 11.0. The van der Waals surface area contributed by atoms with E-state index in [1.807, 2.05) is 0 Å². The summed E-state index contributed by atoms with van der Waals surface area (Å²) in [6, 6.07) is 3.53. The fourth-order valence-corrected chi connectivity index (χ4v) is 4.55. The lowest BCUT2D eigenvalue weighted by Gasteiger charge is -2.28. The van der Waals surface area contributed by atoms with Crippen molar-refractivity contribution in [1.29, 1.82) is 0 Å². The zero-order chi connectivity index (χ0) is 11.6. The molecule has 1 fully saturated rings. The monoisotopic (exact) mass is 259 g/mol. The maximum atomic E-state index is 12.0. The quantitative estimate of drug-likeness (QED) is 0.907. The van der Waals surface area contributed by atoms with Crippen molar-refractivity contribution in [1.82, 2.24) is 4.72 Å². The van der Waals surface area contributed by atoms with E-state index in [-0.39, 0.29) is 6.04 Å². The van der Waals surface area contributed by atoms with Crippen molar-refractivity contribution >= 4 is 21.4 Å². The predicted molar refractivity (Wildman–Crippen MR) is 66.1 cm³/mol. The Labute approximate surface area is 101 Å². The molecule has 0 saturated heterocycles. The van der Waals surface area contributed by atoms with E-state index in [0.29, 0.717) is 10.1 Å². The van der Waals surface area contributed by atoms with Gasteiger partial charge in [0.2, 0.25) is 10.0 Å². The molecule has 0 aliphatic heterocycles. The lowest BCUT2D eigenvalue weighted by Crippen LogP contribution is -2.40. The van der Waals surface area contributed by atoms with Crippen LogP contribution in [0.4, 0.5) is 0 Å². The average Bonchev–Trinajstić information content (AvgIpc) is 2.75. The molecule has 1 aliphatic carbocycles. The molecular weight excluding hydrogens is 242 g/mol. The smallest absolute Gasteiger partial charge is 0.207 e. The highest BCUT2D eigenvalue weighted by atomic mass is 32.2. The number of rotatable bonds is 3. The van der Waals surface area contributed by atoms with Gasteiger partial charge in [-0.25, -0.2) is 13.1 Å². The normalized spacial score (nSPS) is 26.8. The van der Waals surface area contributed by atoms with Gasteiger partial charge in [-0.1, -0.05) is 25.8 Å². The Kier molecular flexibility index (Phi) is 3.66. The maximum Gasteiger partial charge on any atom is 0.250 e. The van der Waals surface area contributed by atoms with Gasteiger partial charge in [-0.05, 0) is 30.2 Å². The Balaban J connectivity index is 2.09. The zero-order valence-electron chi connectivity index (χ0n) is 9.35. The molecule has 1 heterocycles. The van der Waals surface area contributed by atoms with E-state index < -0.39 is 10.0 Å². The van der Waals surface area contributed by atoms with E-state index >= 15 is 0 Å². The summed E-state index contributed by atoms with van der Waals surface area (Å²) in [6.07, 6.45) is 4.43. The minimum atomic E-state index is -3.28. The van der Waals surface area contributed by atoms with Crippen molar-refractivity contribution in [3.63, 3.8) is 0 Å². The second-order valence-electron chi connectivity index (χ2n) is 4.42. The third-order valence-electron chi connectivity index (χ3n) is 3.18. The van der Waals surface area contributed by atoms with E-state index in [0.717, 1.165) is 19.3 Å². The number of hydrogen-bond acceptors (Lipinski definition) is 3. The molecular formula is C11H17NO2S2. The van der Waals surface area contributed by atoms with Gasteiger partial charge < -0.3 is 0 Å². The molecule has 0 aromatic carbocycles. The molecule has 0 spiro atoms. The lowest BCUT2D eigenvalue weighted by molar-refractivity contribution is 0.310. The SMILES string of the molecule is CC1CCCCC1NS(=O)(=O)c1cccs1. The second-order valence-corrected chi connectivity index (χ2v) is 7.31. The minimum Gasteiger partial charge on any atom is -0.207 e. The minimum absolute atomic E-state index is 0.112. The van der Waals surface area contributed by atoms with Crippen LogP contribution in [0.1, 0.15) is 32.6 Å². The molecule has 3 nitrogen and oxygen atoms in total. The molecule has 90 valence electrons. The average molecular weight is 259 g/mol. The molecule has 1 N–H and O–H groups in total. The van der Waals surface area contributed by atoms with Crippen LogP contribution >= 0.6 is 11.3 Å². The Morgan fingerprint density at radius 2 is 2.12 bits per heavy atom. The Morgan fingerprint density at radius 1 is 1.38 bits per heavy atom. The highest BCUT2D eigenvalue weighted by Gasteiger charge is 2.26. The molecule has 1 aliphatic rings. The molecule has 1 aromatic heterocycles. The van der Waals surface area contributed by atoms with Crippen molar-refractivity contribution < 1.29 is 8.42 Å². The summed E-state index contributed by atoms with van der Waals surface area (Å²) in [5.74, 6) is 0.448. The van der Waals surface area contributed by atoms with E-state index in [1.54, 1.807) is 17.5 Å². The molecule has 2 atom stereocenters. The number of thiophene rings is 1. The maximum absolute atomic E-state index is 12.0. The number of hydrogen-bond donors (Lipinski definition) is 1. The molecule has 5 heteroatoms. The van der Waals surface area contributed by atoms with Crippen LogP contribution in [0.3, 0.4) is 0 Å². The third-order valence-corrected chi connectivity index (χ3v) is 6.07. The van der Waals surface area contributed by atoms with Crippen LogP contribution < -0.4 is 4.72 Å². The van der Waals surface area contributed by atoms with E-state index in [4.69, 9.17) is 0 Å². The molecule has 16 heavy (non-hydrogen) atoms. The standard InChI is InChI=1S/C11H17NO2S2/c1-9-5-2-3-6-10(9)12-16(13,14)11-7-4-8-15-11/h4,7-10,12H,2-3,5-6H2,1H3. The molecule has 1 aromatic rings. The van der Waals surface area contributed by atoms with Crippen molar-refractivity contribution in [3.8, 4) is 0 Å². The first-order valence-electron chi connectivity index (χ1n) is 5.65. The highest BCUT2D eigenvalue weighted by Crippen LogP contribution is 2.26. The van der Waals surface area contributed by atoms with Crippen LogP contribution in [0, 0.1) is 5.92 Å². The van der Waals surface area contributed by atoms with Crippen LogP contribution in [0.15, 0.2) is 21.7 Å². The van der Waals surface area contributed by atoms with E-state index in [2.05, 4.69) is 11.6 Å². The van der Waals surface area contributed by atoms with E-state index in [9.17, 15) is 8.42 Å². The molecule has 0 radical (unpaired) electrons. The summed E-state index contributed by atoms with van der Waals surface area (Å²) in [5.41, 5.74) is 0. The number of nitrogens with one attached hydrogen (secondary N) is 1. The van der Waals surface area contributed by atoms with Crippen LogP contribution in [0.2, 0.25) is 0 Å². The van der Waals surface area contributed by atoms with Crippen molar-refractivity contribution in [3.05, 3.63) is 17.5 Å². The largest absolute Gasteiger partial charge is 0.250 e. The summed E-state index contributed by atoms with van der Waals surface area (Å²) in [5, 5.41) is 1.79. The van der Waals surface area contributed by atoms with Crippen LogP contribution in [-0.2, 0) is 10.0 Å². The second kappa shape index (κ2) is 4.85. The lowest BCUT2D eigenvalue weighted by atomic mass is 9.87. The molecule has 0 bridgehead atoms. The Morgan fingerprint density at radius 3 is 2.75 bits per heavy atom. The topological polar surface area (TPSA) is 46.2 Å². The van der Waals surface area contributed by atoms with Gasteiger partial charge in [0.15, 0.2) is 0 Å². The first-order valence-corrected chi connectivity index (χ1v) is 8.02. The van der Waals surface area contributed by atoms with Crippen LogP contribution in [0.5, 0.6) is 0 Å². The number of sulfonamides is 1. The molecule has 2 rings (SSSR count).